The molecule has 0 atom stereocenters. The molecule has 0 radical (unpaired) electrons. The number of nitrogens with one attached hydrogen (secondary N) is 1. The molecule has 29 heavy (non-hydrogen) atoms. The summed E-state index contributed by atoms with van der Waals surface area (Å²) in [5.41, 5.74) is 10.4. The van der Waals surface area contributed by atoms with Gasteiger partial charge < -0.3 is 15.4 Å². The SMILES string of the molecule is Nc1nonc1-c1nc2ccccc2n1CC(=O)NN=Cc1cc(I)ccc1O. The van der Waals surface area contributed by atoms with Crippen molar-refractivity contribution in [1.29, 1.82) is 0 Å². The Balaban J connectivity index is 1.59. The number of para-hydroxylation sites is 2. The molecule has 0 aliphatic heterocycles. The Labute approximate surface area is 177 Å². The van der Waals surface area contributed by atoms with Crippen molar-refractivity contribution in [3.8, 4) is 17.3 Å². The summed E-state index contributed by atoms with van der Waals surface area (Å²) in [4.78, 5) is 17.0. The molecular weight excluding hydrogens is 489 g/mol. The lowest BCUT2D eigenvalue weighted by Crippen LogP contribution is -2.23. The van der Waals surface area contributed by atoms with E-state index in [1.807, 2.05) is 24.3 Å². The van der Waals surface area contributed by atoms with Crippen molar-refractivity contribution in [2.75, 3.05) is 5.73 Å². The molecule has 0 unspecified atom stereocenters. The first-order chi connectivity index (χ1) is 14.0. The Morgan fingerprint density at radius 2 is 2.14 bits per heavy atom. The molecule has 0 aliphatic carbocycles. The first-order valence-corrected chi connectivity index (χ1v) is 9.45. The lowest BCUT2D eigenvalue weighted by atomic mass is 10.2. The number of imidazole rings is 1. The molecule has 2 aromatic heterocycles. The van der Waals surface area contributed by atoms with Gasteiger partial charge in [-0.25, -0.2) is 15.0 Å². The first-order valence-electron chi connectivity index (χ1n) is 8.37. The number of halogens is 1. The van der Waals surface area contributed by atoms with Gasteiger partial charge in [-0.2, -0.15) is 5.10 Å². The van der Waals surface area contributed by atoms with Crippen molar-refractivity contribution in [2.45, 2.75) is 6.54 Å². The molecule has 4 aromatic rings. The number of fused-ring (bicyclic) bond motifs is 1. The van der Waals surface area contributed by atoms with Crippen molar-refractivity contribution in [3.63, 3.8) is 0 Å². The highest BCUT2D eigenvalue weighted by molar-refractivity contribution is 14.1. The van der Waals surface area contributed by atoms with E-state index in [0.717, 1.165) is 9.09 Å². The van der Waals surface area contributed by atoms with Crippen LogP contribution in [0.25, 0.3) is 22.6 Å². The number of nitrogen functional groups attached to an aromatic ring is 1. The van der Waals surface area contributed by atoms with Gasteiger partial charge in [0.1, 0.15) is 12.3 Å². The van der Waals surface area contributed by atoms with E-state index in [4.69, 9.17) is 5.73 Å². The molecule has 10 nitrogen and oxygen atoms in total. The van der Waals surface area contributed by atoms with Crippen LogP contribution in [0.15, 0.2) is 52.2 Å². The van der Waals surface area contributed by atoms with Gasteiger partial charge in [0.15, 0.2) is 17.3 Å². The molecule has 0 spiro atoms. The molecule has 0 saturated heterocycles. The predicted octanol–water partition coefficient (Wildman–Crippen LogP) is 2.13. The molecule has 2 heterocycles. The molecule has 4 rings (SSSR count). The number of rotatable bonds is 5. The van der Waals surface area contributed by atoms with Crippen molar-refractivity contribution in [3.05, 3.63) is 51.6 Å². The number of hydrogen-bond donors (Lipinski definition) is 3. The number of carbonyl (C=O) groups is 1. The van der Waals surface area contributed by atoms with E-state index in [2.05, 4.69) is 53.0 Å². The maximum absolute atomic E-state index is 12.5. The quantitative estimate of drug-likeness (QED) is 0.215. The maximum Gasteiger partial charge on any atom is 0.260 e. The zero-order chi connectivity index (χ0) is 20.4. The minimum atomic E-state index is -0.397. The number of carbonyl (C=O) groups excluding carboxylic acids is 1. The van der Waals surface area contributed by atoms with Crippen molar-refractivity contribution >= 4 is 51.6 Å². The fraction of sp³-hybridized carbons (Fsp3) is 0.0556. The molecule has 11 heteroatoms. The second kappa shape index (κ2) is 7.87. The summed E-state index contributed by atoms with van der Waals surface area (Å²) in [6, 6.07) is 12.4. The van der Waals surface area contributed by atoms with Crippen LogP contribution in [0.2, 0.25) is 0 Å². The summed E-state index contributed by atoms with van der Waals surface area (Å²) in [5, 5.41) is 21.1. The van der Waals surface area contributed by atoms with Crippen molar-refractivity contribution in [1.82, 2.24) is 25.3 Å². The number of anilines is 1. The molecule has 1 amide bonds. The Hall–Kier alpha value is -3.48. The standard InChI is InChI=1S/C18H14IN7O3/c19-11-5-6-14(27)10(7-11)8-21-23-15(28)9-26-13-4-2-1-3-12(13)22-18(26)16-17(20)25-29-24-16/h1-8,27H,9H2,(H2,20,25)(H,23,28). The van der Waals surface area contributed by atoms with E-state index >= 15 is 0 Å². The Kier molecular flexibility index (Phi) is 5.12. The van der Waals surface area contributed by atoms with Crippen LogP contribution in [-0.2, 0) is 11.3 Å². The van der Waals surface area contributed by atoms with Crippen LogP contribution in [0.1, 0.15) is 5.56 Å². The average molecular weight is 503 g/mol. The number of aromatic hydroxyl groups is 1. The molecule has 0 bridgehead atoms. The lowest BCUT2D eigenvalue weighted by molar-refractivity contribution is -0.121. The number of nitrogens with two attached hydrogens (primary N) is 1. The smallest absolute Gasteiger partial charge is 0.260 e. The Morgan fingerprint density at radius 1 is 1.31 bits per heavy atom. The highest BCUT2D eigenvalue weighted by Gasteiger charge is 2.20. The van der Waals surface area contributed by atoms with Crippen LogP contribution in [0.3, 0.4) is 0 Å². The third-order valence-corrected chi connectivity index (χ3v) is 4.74. The van der Waals surface area contributed by atoms with Gasteiger partial charge in [0.05, 0.1) is 17.2 Å². The second-order valence-corrected chi connectivity index (χ2v) is 7.25. The summed E-state index contributed by atoms with van der Waals surface area (Å²) < 4.78 is 7.25. The maximum atomic E-state index is 12.5. The van der Waals surface area contributed by atoms with Gasteiger partial charge in [-0.1, -0.05) is 12.1 Å². The van der Waals surface area contributed by atoms with Crippen LogP contribution < -0.4 is 11.2 Å². The third-order valence-electron chi connectivity index (χ3n) is 4.06. The fourth-order valence-electron chi connectivity index (χ4n) is 2.75. The van der Waals surface area contributed by atoms with Gasteiger partial charge in [0.25, 0.3) is 5.91 Å². The molecule has 4 N–H and O–H groups in total. The first kappa shape index (κ1) is 18.9. The van der Waals surface area contributed by atoms with E-state index in [1.165, 1.54) is 6.21 Å². The third kappa shape index (κ3) is 3.89. The summed E-state index contributed by atoms with van der Waals surface area (Å²) in [5.74, 6) is 0.111. The fourth-order valence-corrected chi connectivity index (χ4v) is 3.26. The monoisotopic (exact) mass is 503 g/mol. The van der Waals surface area contributed by atoms with Crippen molar-refractivity contribution < 1.29 is 14.5 Å². The molecule has 0 saturated carbocycles. The highest BCUT2D eigenvalue weighted by atomic mass is 127. The number of hydrazone groups is 1. The molecule has 0 aliphatic rings. The van der Waals surface area contributed by atoms with Crippen LogP contribution >= 0.6 is 22.6 Å². The summed E-state index contributed by atoms with van der Waals surface area (Å²) >= 11 is 2.12. The number of hydrogen-bond acceptors (Lipinski definition) is 8. The molecular formula is C18H14IN7O3. The zero-order valence-electron chi connectivity index (χ0n) is 14.8. The largest absolute Gasteiger partial charge is 0.507 e. The van der Waals surface area contributed by atoms with Gasteiger partial charge >= 0.3 is 0 Å². The second-order valence-electron chi connectivity index (χ2n) is 6.00. The van der Waals surface area contributed by atoms with Gasteiger partial charge in [-0.05, 0) is 63.2 Å². The molecule has 2 aromatic carbocycles. The number of nitrogens with zero attached hydrogens (tertiary/aromatic N) is 5. The van der Waals surface area contributed by atoms with E-state index < -0.39 is 5.91 Å². The van der Waals surface area contributed by atoms with Gasteiger partial charge in [-0.3, -0.25) is 4.79 Å². The Bertz CT molecular complexity index is 1230. The summed E-state index contributed by atoms with van der Waals surface area (Å²) in [7, 11) is 0. The minimum Gasteiger partial charge on any atom is -0.507 e. The van der Waals surface area contributed by atoms with Gasteiger partial charge in [-0.15, -0.1) is 0 Å². The average Bonchev–Trinajstić information content (AvgIpc) is 3.28. The molecule has 146 valence electrons. The van der Waals surface area contributed by atoms with E-state index in [9.17, 15) is 9.90 Å². The van der Waals surface area contributed by atoms with Gasteiger partial charge in [0.2, 0.25) is 0 Å². The van der Waals surface area contributed by atoms with Crippen LogP contribution in [0, 0.1) is 3.57 Å². The number of benzene rings is 2. The highest BCUT2D eigenvalue weighted by Crippen LogP contribution is 2.26. The summed E-state index contributed by atoms with van der Waals surface area (Å²) in [6.07, 6.45) is 1.38. The van der Waals surface area contributed by atoms with Crippen LogP contribution in [0.5, 0.6) is 5.75 Å². The normalized spacial score (nSPS) is 11.3. The topological polar surface area (TPSA) is 144 Å². The van der Waals surface area contributed by atoms with E-state index in [1.54, 1.807) is 22.8 Å². The zero-order valence-corrected chi connectivity index (χ0v) is 16.9. The van der Waals surface area contributed by atoms with E-state index in [0.29, 0.717) is 16.9 Å². The number of amides is 1. The summed E-state index contributed by atoms with van der Waals surface area (Å²) in [6.45, 7) is -0.0855. The minimum absolute atomic E-state index is 0.0697. The van der Waals surface area contributed by atoms with Crippen LogP contribution in [-0.4, -0.2) is 37.1 Å². The molecule has 0 fully saturated rings. The van der Waals surface area contributed by atoms with Crippen LogP contribution in [0.4, 0.5) is 5.82 Å². The lowest BCUT2D eigenvalue weighted by Gasteiger charge is -2.06. The van der Waals surface area contributed by atoms with Crippen molar-refractivity contribution in [2.24, 2.45) is 5.10 Å². The number of phenolic OH excluding ortho intramolecular Hbond substituents is 1. The number of aromatic nitrogens is 4. The predicted molar refractivity (Wildman–Crippen MR) is 114 cm³/mol. The van der Waals surface area contributed by atoms with Gasteiger partial charge in [0, 0.05) is 9.13 Å². The van der Waals surface area contributed by atoms with E-state index in [-0.39, 0.29) is 23.8 Å². The number of phenols is 1. The Morgan fingerprint density at radius 3 is 2.93 bits per heavy atom.